The quantitative estimate of drug-likeness (QED) is 0.274. The number of carbonyl (C=O) groups excluding carboxylic acids is 1. The lowest BCUT2D eigenvalue weighted by Crippen LogP contribution is -2.14. The van der Waals surface area contributed by atoms with Gasteiger partial charge in [0.15, 0.2) is 0 Å². The van der Waals surface area contributed by atoms with E-state index in [0.29, 0.717) is 50.6 Å². The smallest absolute Gasteiger partial charge is 0.305 e. The molecule has 0 aliphatic carbocycles. The zero-order valence-corrected chi connectivity index (χ0v) is 17.4. The van der Waals surface area contributed by atoms with E-state index < -0.39 is 0 Å². The van der Waals surface area contributed by atoms with Crippen LogP contribution in [-0.2, 0) is 19.0 Å². The third-order valence-corrected chi connectivity index (χ3v) is 4.02. The maximum Gasteiger partial charge on any atom is 0.305 e. The molecule has 0 N–H and O–H groups in total. The molecule has 25 heavy (non-hydrogen) atoms. The number of rotatable bonds is 16. The topological polar surface area (TPSA) is 44.8 Å². The van der Waals surface area contributed by atoms with Gasteiger partial charge in [0.25, 0.3) is 0 Å². The van der Waals surface area contributed by atoms with Crippen LogP contribution in [0.3, 0.4) is 0 Å². The van der Waals surface area contributed by atoms with Crippen molar-refractivity contribution in [1.82, 2.24) is 0 Å². The largest absolute Gasteiger partial charge is 0.466 e. The van der Waals surface area contributed by atoms with Crippen molar-refractivity contribution in [3.8, 4) is 0 Å². The monoisotopic (exact) mass is 358 g/mol. The second-order valence-electron chi connectivity index (χ2n) is 8.27. The van der Waals surface area contributed by atoms with E-state index in [1.54, 1.807) is 0 Å². The molecule has 0 saturated heterocycles. The van der Waals surface area contributed by atoms with Crippen molar-refractivity contribution in [1.29, 1.82) is 0 Å². The highest BCUT2D eigenvalue weighted by Crippen LogP contribution is 2.25. The van der Waals surface area contributed by atoms with E-state index in [-0.39, 0.29) is 5.97 Å². The lowest BCUT2D eigenvalue weighted by atomic mass is 9.84. The van der Waals surface area contributed by atoms with Crippen LogP contribution in [-0.4, -0.2) is 39.0 Å². The number of carbonyl (C=O) groups is 1. The number of ether oxygens (including phenoxy) is 3. The molecule has 0 aromatic heterocycles. The fraction of sp³-hybridized carbons (Fsp3) is 0.952. The first-order valence-electron chi connectivity index (χ1n) is 10.2. The van der Waals surface area contributed by atoms with Crippen molar-refractivity contribution in [3.05, 3.63) is 0 Å². The summed E-state index contributed by atoms with van der Waals surface area (Å²) in [6.07, 6.45) is 8.15. The van der Waals surface area contributed by atoms with Crippen LogP contribution >= 0.6 is 0 Å². The van der Waals surface area contributed by atoms with Crippen molar-refractivity contribution >= 4 is 5.97 Å². The molecule has 0 radical (unpaired) electrons. The molecule has 0 bridgehead atoms. The van der Waals surface area contributed by atoms with Gasteiger partial charge in [-0.3, -0.25) is 4.79 Å². The van der Waals surface area contributed by atoms with E-state index in [2.05, 4.69) is 34.6 Å². The van der Waals surface area contributed by atoms with Crippen molar-refractivity contribution in [2.45, 2.75) is 86.0 Å². The third-order valence-electron chi connectivity index (χ3n) is 4.02. The molecule has 0 aromatic carbocycles. The lowest BCUT2D eigenvalue weighted by Gasteiger charge is -2.22. The zero-order valence-electron chi connectivity index (χ0n) is 17.4. The lowest BCUT2D eigenvalue weighted by molar-refractivity contribution is -0.144. The molecule has 1 atom stereocenters. The summed E-state index contributed by atoms with van der Waals surface area (Å²) in [5, 5.41) is 0. The summed E-state index contributed by atoms with van der Waals surface area (Å²) >= 11 is 0. The summed E-state index contributed by atoms with van der Waals surface area (Å²) < 4.78 is 16.3. The second kappa shape index (κ2) is 15.6. The molecule has 0 saturated carbocycles. The highest BCUT2D eigenvalue weighted by molar-refractivity contribution is 5.69. The molecular weight excluding hydrogens is 316 g/mol. The molecule has 0 rings (SSSR count). The van der Waals surface area contributed by atoms with E-state index in [1.165, 1.54) is 19.3 Å². The Balaban J connectivity index is 3.33. The summed E-state index contributed by atoms with van der Waals surface area (Å²) in [5.74, 6) is 0.469. The molecule has 150 valence electrons. The van der Waals surface area contributed by atoms with Crippen LogP contribution in [0.25, 0.3) is 0 Å². The maximum absolute atomic E-state index is 11.7. The minimum Gasteiger partial charge on any atom is -0.466 e. The highest BCUT2D eigenvalue weighted by Gasteiger charge is 2.15. The average molecular weight is 359 g/mol. The first kappa shape index (κ1) is 24.4. The minimum atomic E-state index is -0.112. The van der Waals surface area contributed by atoms with Gasteiger partial charge in [0, 0.05) is 19.6 Å². The Bertz CT molecular complexity index is 310. The first-order valence-corrected chi connectivity index (χ1v) is 10.2. The normalized spacial score (nSPS) is 13.0. The van der Waals surface area contributed by atoms with Crippen LogP contribution in [0.4, 0.5) is 0 Å². The van der Waals surface area contributed by atoms with Crippen LogP contribution in [0.5, 0.6) is 0 Å². The molecule has 1 unspecified atom stereocenters. The summed E-state index contributed by atoms with van der Waals surface area (Å²) in [6.45, 7) is 14.3. The Kier molecular flexibility index (Phi) is 15.2. The van der Waals surface area contributed by atoms with Gasteiger partial charge in [-0.15, -0.1) is 0 Å². The minimum absolute atomic E-state index is 0.112. The standard InChI is InChI=1S/C21H42O4/c1-6-7-8-9-13-23-16-17-24-14-10-11-20(22)25-15-12-19(2)18-21(3,4)5/h19H,6-18H2,1-5H3. The Morgan fingerprint density at radius 3 is 2.12 bits per heavy atom. The van der Waals surface area contributed by atoms with E-state index in [1.807, 2.05) is 0 Å². The molecule has 0 spiro atoms. The fourth-order valence-electron chi connectivity index (χ4n) is 2.87. The predicted octanol–water partition coefficient (Wildman–Crippen LogP) is 5.39. The van der Waals surface area contributed by atoms with E-state index in [0.717, 1.165) is 25.9 Å². The molecule has 0 heterocycles. The maximum atomic E-state index is 11.7. The summed E-state index contributed by atoms with van der Waals surface area (Å²) in [4.78, 5) is 11.7. The van der Waals surface area contributed by atoms with Crippen molar-refractivity contribution in [2.75, 3.05) is 33.0 Å². The summed E-state index contributed by atoms with van der Waals surface area (Å²) in [5.41, 5.74) is 0.333. The van der Waals surface area contributed by atoms with Gasteiger partial charge in [0.05, 0.1) is 19.8 Å². The number of esters is 1. The van der Waals surface area contributed by atoms with Gasteiger partial charge in [0.1, 0.15) is 0 Å². The molecule has 0 aliphatic rings. The van der Waals surface area contributed by atoms with Gasteiger partial charge < -0.3 is 14.2 Å². The second-order valence-corrected chi connectivity index (χ2v) is 8.27. The average Bonchev–Trinajstić information content (AvgIpc) is 2.51. The van der Waals surface area contributed by atoms with E-state index in [9.17, 15) is 4.79 Å². The van der Waals surface area contributed by atoms with Crippen LogP contribution in [0.2, 0.25) is 0 Å². The molecule has 4 heteroatoms. The first-order chi connectivity index (χ1) is 11.8. The van der Waals surface area contributed by atoms with E-state index >= 15 is 0 Å². The Labute approximate surface area is 156 Å². The van der Waals surface area contributed by atoms with E-state index in [4.69, 9.17) is 14.2 Å². The van der Waals surface area contributed by atoms with Crippen molar-refractivity contribution in [3.63, 3.8) is 0 Å². The van der Waals surface area contributed by atoms with Gasteiger partial charge in [-0.1, -0.05) is 53.9 Å². The Hall–Kier alpha value is -0.610. The fourth-order valence-corrected chi connectivity index (χ4v) is 2.87. The Morgan fingerprint density at radius 2 is 1.52 bits per heavy atom. The molecule has 0 aromatic rings. The van der Waals surface area contributed by atoms with Gasteiger partial charge in [0.2, 0.25) is 0 Å². The molecule has 0 aliphatic heterocycles. The van der Waals surface area contributed by atoms with Crippen LogP contribution < -0.4 is 0 Å². The summed E-state index contributed by atoms with van der Waals surface area (Å²) in [7, 11) is 0. The van der Waals surface area contributed by atoms with Gasteiger partial charge in [-0.2, -0.15) is 0 Å². The van der Waals surface area contributed by atoms with Crippen molar-refractivity contribution in [2.24, 2.45) is 11.3 Å². The van der Waals surface area contributed by atoms with Crippen LogP contribution in [0.15, 0.2) is 0 Å². The Morgan fingerprint density at radius 1 is 0.880 bits per heavy atom. The van der Waals surface area contributed by atoms with Gasteiger partial charge in [-0.05, 0) is 37.0 Å². The predicted molar refractivity (Wildman–Crippen MR) is 104 cm³/mol. The third kappa shape index (κ3) is 19.6. The number of hydrogen-bond acceptors (Lipinski definition) is 4. The van der Waals surface area contributed by atoms with Gasteiger partial charge >= 0.3 is 5.97 Å². The zero-order chi connectivity index (χ0) is 19.0. The van der Waals surface area contributed by atoms with Gasteiger partial charge in [-0.25, -0.2) is 0 Å². The summed E-state index contributed by atoms with van der Waals surface area (Å²) in [6, 6.07) is 0. The van der Waals surface area contributed by atoms with Crippen LogP contribution in [0.1, 0.15) is 86.0 Å². The molecular formula is C21H42O4. The molecule has 4 nitrogen and oxygen atoms in total. The molecule has 0 amide bonds. The molecule has 0 fully saturated rings. The number of unbranched alkanes of at least 4 members (excludes halogenated alkanes) is 3. The SMILES string of the molecule is CCCCCCOCCOCCCC(=O)OCCC(C)CC(C)(C)C. The number of hydrogen-bond donors (Lipinski definition) is 0. The van der Waals surface area contributed by atoms with Crippen molar-refractivity contribution < 1.29 is 19.0 Å². The highest BCUT2D eigenvalue weighted by atomic mass is 16.5. The van der Waals surface area contributed by atoms with Crippen LogP contribution in [0, 0.1) is 11.3 Å².